The van der Waals surface area contributed by atoms with Gasteiger partial charge in [-0.05, 0) is 12.8 Å². The number of hydrogen-bond acceptors (Lipinski definition) is 11. The molecule has 0 aromatic carbocycles. The molecule has 14 nitrogen and oxygen atoms in total. The number of phosphoric ester groups is 1. The highest BCUT2D eigenvalue weighted by molar-refractivity contribution is 7.47. The minimum Gasteiger partial charge on any atom is -0.387 e. The summed E-state index contributed by atoms with van der Waals surface area (Å²) in [4.78, 5) is 25.4. The molecular formula is C35H67N4O10P. The van der Waals surface area contributed by atoms with Gasteiger partial charge in [0.15, 0.2) is 6.23 Å². The number of nitrogens with zero attached hydrogens (tertiary/aromatic N) is 3. The number of amides is 1. The second-order valence-electron chi connectivity index (χ2n) is 13.5. The molecule has 6 atom stereocenters. The Morgan fingerprint density at radius 2 is 1.34 bits per heavy atom. The summed E-state index contributed by atoms with van der Waals surface area (Å²) in [6.07, 6.45) is 19.7. The molecule has 1 aromatic heterocycles. The van der Waals surface area contributed by atoms with E-state index in [4.69, 9.17) is 29.0 Å². The molecule has 0 saturated carbocycles. The number of carbonyl (C=O) groups is 1. The molecule has 1 aliphatic heterocycles. The van der Waals surface area contributed by atoms with Gasteiger partial charge in [-0.25, -0.2) is 14.2 Å². The van der Waals surface area contributed by atoms with Crippen LogP contribution in [0.2, 0.25) is 0 Å². The second kappa shape index (κ2) is 27.2. The fourth-order valence-corrected chi connectivity index (χ4v) is 6.63. The molecule has 0 radical (unpaired) electrons. The molecule has 4 unspecified atom stereocenters. The summed E-state index contributed by atoms with van der Waals surface area (Å²) >= 11 is 0. The van der Waals surface area contributed by atoms with Crippen LogP contribution >= 0.6 is 7.82 Å². The maximum absolute atomic E-state index is 12.8. The van der Waals surface area contributed by atoms with Gasteiger partial charge in [-0.15, -0.1) is 5.10 Å². The van der Waals surface area contributed by atoms with Crippen molar-refractivity contribution in [3.63, 3.8) is 0 Å². The van der Waals surface area contributed by atoms with Crippen LogP contribution in [0.3, 0.4) is 0 Å². The van der Waals surface area contributed by atoms with Gasteiger partial charge in [0, 0.05) is 13.2 Å². The van der Waals surface area contributed by atoms with Crippen molar-refractivity contribution in [2.24, 2.45) is 5.73 Å². The van der Waals surface area contributed by atoms with Gasteiger partial charge >= 0.3 is 7.82 Å². The molecule has 5 N–H and O–H groups in total. The Labute approximate surface area is 299 Å². The number of aliphatic hydroxyl groups excluding tert-OH is 2. The Morgan fingerprint density at radius 1 is 0.820 bits per heavy atom. The zero-order valence-corrected chi connectivity index (χ0v) is 31.6. The van der Waals surface area contributed by atoms with Crippen molar-refractivity contribution in [1.82, 2.24) is 14.8 Å². The molecule has 15 heteroatoms. The molecule has 2 heterocycles. The van der Waals surface area contributed by atoms with Gasteiger partial charge in [-0.2, -0.15) is 0 Å². The quantitative estimate of drug-likeness (QED) is 0.0460. The lowest BCUT2D eigenvalue weighted by atomic mass is 10.1. The van der Waals surface area contributed by atoms with Crippen molar-refractivity contribution in [1.29, 1.82) is 0 Å². The molecule has 1 fully saturated rings. The Morgan fingerprint density at radius 3 is 1.86 bits per heavy atom. The van der Waals surface area contributed by atoms with Gasteiger partial charge in [-0.1, -0.05) is 129 Å². The van der Waals surface area contributed by atoms with E-state index in [2.05, 4.69) is 23.9 Å². The maximum atomic E-state index is 12.8. The molecule has 1 amide bonds. The number of aliphatic hydroxyl groups is 2. The summed E-state index contributed by atoms with van der Waals surface area (Å²) < 4.78 is 41.7. The summed E-state index contributed by atoms with van der Waals surface area (Å²) in [6.45, 7) is 4.97. The molecular weight excluding hydrogens is 667 g/mol. The molecule has 1 saturated heterocycles. The number of nitrogens with two attached hydrogens (primary N) is 1. The van der Waals surface area contributed by atoms with Crippen LogP contribution in [0, 0.1) is 0 Å². The highest BCUT2D eigenvalue weighted by atomic mass is 31.2. The van der Waals surface area contributed by atoms with Crippen LogP contribution in [0.1, 0.15) is 159 Å². The number of carbonyl (C=O) groups excluding carboxylic acids is 1. The Kier molecular flexibility index (Phi) is 24.3. The number of primary amides is 1. The lowest BCUT2D eigenvalue weighted by Gasteiger charge is -2.21. The number of hydrogen-bond donors (Lipinski definition) is 4. The third-order valence-corrected chi connectivity index (χ3v) is 9.90. The van der Waals surface area contributed by atoms with Gasteiger partial charge in [0.1, 0.15) is 30.7 Å². The first-order chi connectivity index (χ1) is 24.2. The standard InChI is InChI=1S/C35H67N4O10P/c1-3-5-7-9-11-13-14-16-17-19-21-23-45-25-29(46-24-22-20-18-15-12-10-8-6-4-2)26-47-50(43,44)48-27-30-31(40)32(41)35(49-30)39-28-37-34(38-39)33(36)42/h28-32,35,40-41H,3-27H2,1-2H3,(H2,36,42)(H,43,44)/t29?,30-,31?,32?,35+/m0/s1. The van der Waals surface area contributed by atoms with Gasteiger partial charge in [0.05, 0.1) is 19.8 Å². The van der Waals surface area contributed by atoms with Crippen molar-refractivity contribution < 1.29 is 47.7 Å². The van der Waals surface area contributed by atoms with E-state index in [1.165, 1.54) is 96.3 Å². The van der Waals surface area contributed by atoms with Gasteiger partial charge < -0.3 is 35.1 Å². The molecule has 0 bridgehead atoms. The van der Waals surface area contributed by atoms with Crippen LogP contribution in [0.15, 0.2) is 6.33 Å². The summed E-state index contributed by atoms with van der Waals surface area (Å²) in [5.74, 6) is -1.16. The van der Waals surface area contributed by atoms with Crippen LogP contribution in [-0.4, -0.2) is 93.2 Å². The molecule has 1 aliphatic rings. The lowest BCUT2D eigenvalue weighted by Crippen LogP contribution is -2.34. The number of unbranched alkanes of at least 4 members (excludes halogenated alkanes) is 18. The highest BCUT2D eigenvalue weighted by Crippen LogP contribution is 2.44. The fraction of sp³-hybridized carbons (Fsp3) is 0.914. The number of rotatable bonds is 33. The Bertz CT molecular complexity index is 1050. The number of aromatic nitrogens is 3. The fourth-order valence-electron chi connectivity index (χ4n) is 5.87. The van der Waals surface area contributed by atoms with Crippen LogP contribution in [0.4, 0.5) is 0 Å². The monoisotopic (exact) mass is 734 g/mol. The van der Waals surface area contributed by atoms with Crippen LogP contribution in [-0.2, 0) is 27.8 Å². The predicted molar refractivity (Wildman–Crippen MR) is 190 cm³/mol. The highest BCUT2D eigenvalue weighted by Gasteiger charge is 2.45. The van der Waals surface area contributed by atoms with E-state index in [0.717, 1.165) is 43.1 Å². The van der Waals surface area contributed by atoms with Crippen molar-refractivity contribution in [2.45, 2.75) is 173 Å². The third-order valence-electron chi connectivity index (χ3n) is 8.95. The Balaban J connectivity index is 1.73. The zero-order valence-electron chi connectivity index (χ0n) is 30.7. The van der Waals surface area contributed by atoms with Crippen molar-refractivity contribution >= 4 is 13.7 Å². The maximum Gasteiger partial charge on any atom is 0.472 e. The smallest absolute Gasteiger partial charge is 0.387 e. The molecule has 50 heavy (non-hydrogen) atoms. The van der Waals surface area contributed by atoms with E-state index < -0.39 is 51.0 Å². The third kappa shape index (κ3) is 19.4. The van der Waals surface area contributed by atoms with Crippen molar-refractivity contribution in [3.05, 3.63) is 12.2 Å². The minimum atomic E-state index is -4.59. The predicted octanol–water partition coefficient (Wildman–Crippen LogP) is 6.37. The first-order valence-electron chi connectivity index (χ1n) is 19.2. The summed E-state index contributed by atoms with van der Waals surface area (Å²) in [7, 11) is -4.59. The van der Waals surface area contributed by atoms with Crippen LogP contribution in [0.5, 0.6) is 0 Å². The topological polar surface area (TPSA) is 198 Å². The van der Waals surface area contributed by atoms with Gasteiger partial charge in [-0.3, -0.25) is 13.8 Å². The van der Waals surface area contributed by atoms with E-state index >= 15 is 0 Å². The number of phosphoric acid groups is 1. The van der Waals surface area contributed by atoms with Gasteiger partial charge in [0.2, 0.25) is 5.82 Å². The van der Waals surface area contributed by atoms with Crippen LogP contribution in [0.25, 0.3) is 0 Å². The van der Waals surface area contributed by atoms with E-state index in [-0.39, 0.29) is 19.0 Å². The SMILES string of the molecule is CCCCCCCCCCCCCOCC(COP(=O)(O)OC[C@@H]1O[C@@H](n2cnc(C(N)=O)n2)C(O)C1O)OCCCCCCCCCCC. The molecule has 0 spiro atoms. The molecule has 292 valence electrons. The van der Waals surface area contributed by atoms with Gasteiger partial charge in [0.25, 0.3) is 5.91 Å². The minimum absolute atomic E-state index is 0.221. The average molecular weight is 735 g/mol. The summed E-state index contributed by atoms with van der Waals surface area (Å²) in [5.41, 5.74) is 5.17. The second-order valence-corrected chi connectivity index (χ2v) is 14.9. The molecule has 0 aliphatic carbocycles. The zero-order chi connectivity index (χ0) is 36.5. The van der Waals surface area contributed by atoms with E-state index in [1.807, 2.05) is 0 Å². The van der Waals surface area contributed by atoms with E-state index in [9.17, 15) is 24.5 Å². The average Bonchev–Trinajstić information content (AvgIpc) is 3.70. The molecule has 1 aromatic rings. The lowest BCUT2D eigenvalue weighted by molar-refractivity contribution is -0.0637. The largest absolute Gasteiger partial charge is 0.472 e. The first-order valence-corrected chi connectivity index (χ1v) is 20.7. The van der Waals surface area contributed by atoms with Crippen molar-refractivity contribution in [3.8, 4) is 0 Å². The normalized spacial score (nSPS) is 21.1. The van der Waals surface area contributed by atoms with E-state index in [0.29, 0.717) is 13.2 Å². The first kappa shape index (κ1) is 44.7. The summed E-state index contributed by atoms with van der Waals surface area (Å²) in [5, 5.41) is 24.7. The number of ether oxygens (including phenoxy) is 3. The van der Waals surface area contributed by atoms with E-state index in [1.54, 1.807) is 0 Å². The molecule has 2 rings (SSSR count). The summed E-state index contributed by atoms with van der Waals surface area (Å²) in [6, 6.07) is 0. The Hall–Kier alpha value is -1.48. The van der Waals surface area contributed by atoms with Crippen molar-refractivity contribution in [2.75, 3.05) is 33.0 Å². The van der Waals surface area contributed by atoms with Crippen LogP contribution < -0.4 is 5.73 Å².